The number of amides is 1. The van der Waals surface area contributed by atoms with Gasteiger partial charge in [-0.2, -0.15) is 11.8 Å². The topological polar surface area (TPSA) is 83.1 Å². The normalized spacial score (nSPS) is 16.2. The van der Waals surface area contributed by atoms with Gasteiger partial charge in [-0.15, -0.1) is 0 Å². The molecule has 0 radical (unpaired) electrons. The van der Waals surface area contributed by atoms with Gasteiger partial charge in [0.05, 0.1) is 16.2 Å². The van der Waals surface area contributed by atoms with Gasteiger partial charge < -0.3 is 9.52 Å². The van der Waals surface area contributed by atoms with Crippen LogP contribution in [0.3, 0.4) is 0 Å². The lowest BCUT2D eigenvalue weighted by Crippen LogP contribution is -2.31. The van der Waals surface area contributed by atoms with E-state index in [4.69, 9.17) is 14.5 Å². The third-order valence-corrected chi connectivity index (χ3v) is 6.65. The van der Waals surface area contributed by atoms with Crippen molar-refractivity contribution in [2.45, 2.75) is 6.92 Å². The van der Waals surface area contributed by atoms with Crippen LogP contribution in [0.4, 0.5) is 5.69 Å². The Labute approximate surface area is 200 Å². The van der Waals surface area contributed by atoms with Crippen LogP contribution in [0.2, 0.25) is 0 Å². The van der Waals surface area contributed by atoms with E-state index in [-0.39, 0.29) is 11.5 Å². The average Bonchev–Trinajstić information content (AvgIpc) is 3.39. The Morgan fingerprint density at radius 2 is 1.91 bits per heavy atom. The van der Waals surface area contributed by atoms with Crippen molar-refractivity contribution in [3.05, 3.63) is 82.5 Å². The third kappa shape index (κ3) is 5.23. The summed E-state index contributed by atoms with van der Waals surface area (Å²) in [5.41, 5.74) is 2.86. The molecule has 1 aliphatic rings. The number of rotatable bonds is 7. The van der Waals surface area contributed by atoms with Crippen LogP contribution in [0.5, 0.6) is 0 Å². The van der Waals surface area contributed by atoms with Crippen molar-refractivity contribution in [2.75, 3.05) is 18.6 Å². The van der Waals surface area contributed by atoms with Gasteiger partial charge in [0, 0.05) is 23.9 Å². The van der Waals surface area contributed by atoms with Crippen LogP contribution in [-0.2, 0) is 4.79 Å². The molecule has 1 N–H and O–H groups in total. The second-order valence-electron chi connectivity index (χ2n) is 7.33. The van der Waals surface area contributed by atoms with Crippen molar-refractivity contribution < 1.29 is 19.1 Å². The molecular weight excluding hydrogens is 456 g/mol. The van der Waals surface area contributed by atoms with E-state index < -0.39 is 5.97 Å². The van der Waals surface area contributed by atoms with Gasteiger partial charge >= 0.3 is 5.97 Å². The number of nitrogens with zero attached hydrogens (tertiary/aromatic N) is 2. The number of furan rings is 1. The molecule has 6 nitrogen and oxygen atoms in total. The molecule has 2 heterocycles. The number of benzene rings is 2. The highest BCUT2D eigenvalue weighted by atomic mass is 32.2. The molecule has 1 saturated heterocycles. The van der Waals surface area contributed by atoms with Crippen LogP contribution in [-0.4, -0.2) is 45.6 Å². The molecule has 0 atom stereocenters. The number of hydrogen-bond acceptors (Lipinski definition) is 6. The number of carboxylic acids is 1. The molecule has 1 aliphatic heterocycles. The van der Waals surface area contributed by atoms with Crippen molar-refractivity contribution in [2.24, 2.45) is 4.99 Å². The van der Waals surface area contributed by atoms with E-state index in [0.717, 1.165) is 22.6 Å². The second-order valence-corrected chi connectivity index (χ2v) is 9.32. The summed E-state index contributed by atoms with van der Waals surface area (Å²) >= 11 is 3.02. The number of aryl methyl sites for hydroxylation is 1. The van der Waals surface area contributed by atoms with Gasteiger partial charge in [-0.25, -0.2) is 9.79 Å². The van der Waals surface area contributed by atoms with Gasteiger partial charge in [-0.1, -0.05) is 30.3 Å². The highest BCUT2D eigenvalue weighted by Crippen LogP contribution is 2.35. The number of carbonyl (C=O) groups is 2. The smallest absolute Gasteiger partial charge is 0.335 e. The number of aliphatic imine (C=N–C) groups is 1. The monoisotopic (exact) mass is 478 g/mol. The molecule has 0 spiro atoms. The number of aromatic carboxylic acids is 1. The summed E-state index contributed by atoms with van der Waals surface area (Å²) in [4.78, 5) is 31.2. The quantitative estimate of drug-likeness (QED) is 0.425. The van der Waals surface area contributed by atoms with Crippen LogP contribution in [0.25, 0.3) is 17.4 Å². The summed E-state index contributed by atoms with van der Waals surface area (Å²) in [5.74, 6) is 0.888. The molecule has 168 valence electrons. The van der Waals surface area contributed by atoms with E-state index in [1.807, 2.05) is 37.4 Å². The molecule has 33 heavy (non-hydrogen) atoms. The summed E-state index contributed by atoms with van der Waals surface area (Å²) in [7, 11) is 0. The first-order valence-corrected chi connectivity index (χ1v) is 12.5. The minimum atomic E-state index is -0.975. The zero-order valence-corrected chi connectivity index (χ0v) is 19.8. The van der Waals surface area contributed by atoms with Crippen molar-refractivity contribution in [1.82, 2.24) is 4.90 Å². The van der Waals surface area contributed by atoms with E-state index in [2.05, 4.69) is 0 Å². The lowest BCUT2D eigenvalue weighted by atomic mass is 10.1. The Balaban J connectivity index is 1.61. The van der Waals surface area contributed by atoms with Gasteiger partial charge in [0.1, 0.15) is 11.5 Å². The Hall–Kier alpha value is -3.23. The van der Waals surface area contributed by atoms with Crippen molar-refractivity contribution >= 4 is 52.3 Å². The molecule has 1 fully saturated rings. The number of para-hydroxylation sites is 1. The maximum Gasteiger partial charge on any atom is 0.335 e. The maximum absolute atomic E-state index is 13.1. The minimum Gasteiger partial charge on any atom is -0.478 e. The lowest BCUT2D eigenvalue weighted by molar-refractivity contribution is -0.122. The second kappa shape index (κ2) is 10.1. The van der Waals surface area contributed by atoms with E-state index in [1.54, 1.807) is 47.0 Å². The molecule has 0 saturated carbocycles. The van der Waals surface area contributed by atoms with Gasteiger partial charge in [-0.05, 0) is 60.8 Å². The van der Waals surface area contributed by atoms with E-state index in [9.17, 15) is 9.59 Å². The Bertz CT molecular complexity index is 1250. The van der Waals surface area contributed by atoms with Crippen LogP contribution in [0.1, 0.15) is 21.7 Å². The van der Waals surface area contributed by atoms with E-state index in [0.29, 0.717) is 28.1 Å². The number of carboxylic acid groups (broad SMARTS) is 1. The first-order valence-electron chi connectivity index (χ1n) is 10.2. The number of carbonyl (C=O) groups excluding carboxylic acids is 1. The third-order valence-electron chi connectivity index (χ3n) is 5.06. The number of thioether (sulfide) groups is 2. The molecule has 2 aromatic carbocycles. The van der Waals surface area contributed by atoms with E-state index >= 15 is 0 Å². The molecule has 4 rings (SSSR count). The predicted molar refractivity (Wildman–Crippen MR) is 135 cm³/mol. The largest absolute Gasteiger partial charge is 0.478 e. The van der Waals surface area contributed by atoms with Gasteiger partial charge in [0.25, 0.3) is 5.91 Å². The molecule has 8 heteroatoms. The van der Waals surface area contributed by atoms with Gasteiger partial charge in [-0.3, -0.25) is 9.69 Å². The zero-order valence-electron chi connectivity index (χ0n) is 18.1. The Morgan fingerprint density at radius 3 is 2.61 bits per heavy atom. The SMILES string of the molecule is CSCCN1C(=O)/C(=C/c2ccc(-c3ccc(C(=O)O)cc3)o2)SC1=Nc1ccccc1C. The summed E-state index contributed by atoms with van der Waals surface area (Å²) in [5, 5.41) is 9.72. The van der Waals surface area contributed by atoms with Crippen molar-refractivity contribution in [1.29, 1.82) is 0 Å². The average molecular weight is 479 g/mol. The van der Waals surface area contributed by atoms with Crippen molar-refractivity contribution in [3.63, 3.8) is 0 Å². The highest BCUT2D eigenvalue weighted by Gasteiger charge is 2.33. The zero-order chi connectivity index (χ0) is 23.4. The maximum atomic E-state index is 13.1. The summed E-state index contributed by atoms with van der Waals surface area (Å²) in [6.07, 6.45) is 3.74. The number of amidine groups is 1. The van der Waals surface area contributed by atoms with Gasteiger partial charge in [0.15, 0.2) is 5.17 Å². The Morgan fingerprint density at radius 1 is 1.15 bits per heavy atom. The van der Waals surface area contributed by atoms with E-state index in [1.165, 1.54) is 23.9 Å². The van der Waals surface area contributed by atoms with Crippen LogP contribution >= 0.6 is 23.5 Å². The molecule has 0 unspecified atom stereocenters. The lowest BCUT2D eigenvalue weighted by Gasteiger charge is -2.14. The molecule has 3 aromatic rings. The fraction of sp³-hybridized carbons (Fsp3) is 0.160. The predicted octanol–water partition coefficient (Wildman–Crippen LogP) is 5.92. The molecule has 0 aliphatic carbocycles. The first-order chi connectivity index (χ1) is 16.0. The van der Waals surface area contributed by atoms with Crippen LogP contribution in [0, 0.1) is 6.92 Å². The van der Waals surface area contributed by atoms with Crippen LogP contribution < -0.4 is 0 Å². The summed E-state index contributed by atoms with van der Waals surface area (Å²) in [6, 6.07) is 17.9. The molecule has 1 amide bonds. The first kappa shape index (κ1) is 22.9. The molecular formula is C25H22N2O4S2. The standard InChI is InChI=1S/C25H22N2O4S2/c1-16-5-3-4-6-20(16)26-25-27(13-14-32-2)23(28)22(33-25)15-19-11-12-21(31-19)17-7-9-18(10-8-17)24(29)30/h3-12,15H,13-14H2,1-2H3,(H,29,30)/b22-15-,26-25?. The molecule has 1 aromatic heterocycles. The fourth-order valence-electron chi connectivity index (χ4n) is 3.25. The fourth-order valence-corrected chi connectivity index (χ4v) is 4.62. The van der Waals surface area contributed by atoms with Gasteiger partial charge in [0.2, 0.25) is 0 Å². The number of hydrogen-bond donors (Lipinski definition) is 1. The summed E-state index contributed by atoms with van der Waals surface area (Å²) in [6.45, 7) is 2.57. The van der Waals surface area contributed by atoms with Crippen molar-refractivity contribution in [3.8, 4) is 11.3 Å². The summed E-state index contributed by atoms with van der Waals surface area (Å²) < 4.78 is 5.92. The molecule has 0 bridgehead atoms. The minimum absolute atomic E-state index is 0.0925. The highest BCUT2D eigenvalue weighted by molar-refractivity contribution is 8.18. The van der Waals surface area contributed by atoms with Crippen LogP contribution in [0.15, 0.2) is 75.0 Å². The Kier molecular flexibility index (Phi) is 7.05.